The minimum atomic E-state index is -3.33. The minimum Gasteiger partial charge on any atom is -0.330 e. The maximum Gasteiger partial charge on any atom is 0.232 e. The smallest absolute Gasteiger partial charge is 0.232 e. The van der Waals surface area contributed by atoms with Crippen molar-refractivity contribution in [2.45, 2.75) is 45.4 Å². The fraction of sp³-hybridized carbons (Fsp3) is 0.562. The van der Waals surface area contributed by atoms with Gasteiger partial charge < -0.3 is 11.1 Å². The largest absolute Gasteiger partial charge is 0.330 e. The summed E-state index contributed by atoms with van der Waals surface area (Å²) in [6.07, 6.45) is 4.85. The van der Waals surface area contributed by atoms with Crippen molar-refractivity contribution in [1.82, 2.24) is 0 Å². The summed E-state index contributed by atoms with van der Waals surface area (Å²) in [7, 11) is -3.33. The van der Waals surface area contributed by atoms with Gasteiger partial charge in [0.25, 0.3) is 0 Å². The lowest BCUT2D eigenvalue weighted by Gasteiger charge is -2.10. The molecule has 0 aromatic heterocycles. The average Bonchev–Trinajstić information content (AvgIpc) is 2.46. The van der Waals surface area contributed by atoms with Crippen molar-refractivity contribution in [3.05, 3.63) is 24.3 Å². The first-order valence-corrected chi connectivity index (χ1v) is 9.72. The Balaban J connectivity index is 0.00000529. The van der Waals surface area contributed by atoms with E-state index in [9.17, 15) is 13.2 Å². The Hall–Kier alpha value is -1.31. The fourth-order valence-electron chi connectivity index (χ4n) is 2.17. The Labute approximate surface area is 151 Å². The van der Waals surface area contributed by atoms with E-state index in [1.807, 2.05) is 6.92 Å². The normalized spacial score (nSPS) is 10.8. The minimum absolute atomic E-state index is 0. The molecule has 4 N–H and O–H groups in total. The van der Waals surface area contributed by atoms with Crippen LogP contribution < -0.4 is 15.8 Å². The third kappa shape index (κ3) is 9.75. The summed E-state index contributed by atoms with van der Waals surface area (Å²) < 4.78 is 26.0. The summed E-state index contributed by atoms with van der Waals surface area (Å²) in [6.45, 7) is 2.50. The molecule has 0 unspecified atom stereocenters. The van der Waals surface area contributed by atoms with E-state index in [2.05, 4.69) is 10.0 Å². The topological polar surface area (TPSA) is 101 Å². The molecule has 24 heavy (non-hydrogen) atoms. The van der Waals surface area contributed by atoms with Crippen molar-refractivity contribution in [3.63, 3.8) is 0 Å². The quantitative estimate of drug-likeness (QED) is 0.515. The zero-order valence-corrected chi connectivity index (χ0v) is 15.7. The molecule has 0 atom stereocenters. The lowest BCUT2D eigenvalue weighted by atomic mass is 10.1. The van der Waals surface area contributed by atoms with Gasteiger partial charge in [-0.05, 0) is 44.0 Å². The maximum absolute atomic E-state index is 11.9. The van der Waals surface area contributed by atoms with Gasteiger partial charge in [-0.1, -0.05) is 25.8 Å². The van der Waals surface area contributed by atoms with E-state index in [-0.39, 0.29) is 24.1 Å². The van der Waals surface area contributed by atoms with Crippen molar-refractivity contribution in [2.75, 3.05) is 22.3 Å². The highest BCUT2D eigenvalue weighted by molar-refractivity contribution is 7.92. The number of carbonyl (C=O) groups is 1. The van der Waals surface area contributed by atoms with Gasteiger partial charge >= 0.3 is 0 Å². The van der Waals surface area contributed by atoms with Gasteiger partial charge in [-0.3, -0.25) is 9.52 Å². The number of anilines is 2. The molecule has 0 radical (unpaired) electrons. The third-order valence-electron chi connectivity index (χ3n) is 3.25. The predicted octanol–water partition coefficient (Wildman–Crippen LogP) is 3.11. The second-order valence-corrected chi connectivity index (χ2v) is 7.34. The molecule has 0 aliphatic carbocycles. The average molecular weight is 378 g/mol. The molecule has 0 saturated carbocycles. The van der Waals surface area contributed by atoms with Crippen molar-refractivity contribution >= 4 is 39.7 Å². The Morgan fingerprint density at radius 3 is 2.46 bits per heavy atom. The van der Waals surface area contributed by atoms with Crippen LogP contribution in [0.25, 0.3) is 0 Å². The lowest BCUT2D eigenvalue weighted by Crippen LogP contribution is -2.16. The van der Waals surface area contributed by atoms with Gasteiger partial charge in [-0.2, -0.15) is 0 Å². The third-order valence-corrected chi connectivity index (χ3v) is 4.74. The molecule has 0 fully saturated rings. The molecule has 0 heterocycles. The first-order chi connectivity index (χ1) is 11.0. The van der Waals surface area contributed by atoms with Crippen LogP contribution in [0.5, 0.6) is 0 Å². The lowest BCUT2D eigenvalue weighted by molar-refractivity contribution is -0.116. The number of sulfonamides is 1. The number of nitrogens with one attached hydrogen (secondary N) is 2. The Kier molecular flexibility index (Phi) is 11.4. The Morgan fingerprint density at radius 1 is 1.12 bits per heavy atom. The van der Waals surface area contributed by atoms with Crippen molar-refractivity contribution in [1.29, 1.82) is 0 Å². The molecular weight excluding hydrogens is 350 g/mol. The molecule has 0 spiro atoms. The van der Waals surface area contributed by atoms with Gasteiger partial charge in [0.05, 0.1) is 11.4 Å². The van der Waals surface area contributed by atoms with Gasteiger partial charge in [0.1, 0.15) is 0 Å². The van der Waals surface area contributed by atoms with Gasteiger partial charge in [0, 0.05) is 12.1 Å². The second-order valence-electron chi connectivity index (χ2n) is 5.50. The number of unbranched alkanes of at least 4 members (excludes halogenated alkanes) is 3. The zero-order valence-electron chi connectivity index (χ0n) is 14.1. The second kappa shape index (κ2) is 12.1. The van der Waals surface area contributed by atoms with Crippen molar-refractivity contribution in [3.8, 4) is 0 Å². The number of nitrogens with two attached hydrogens (primary N) is 1. The van der Waals surface area contributed by atoms with E-state index in [1.54, 1.807) is 24.3 Å². The molecule has 0 aliphatic heterocycles. The molecule has 1 aromatic rings. The monoisotopic (exact) mass is 377 g/mol. The van der Waals surface area contributed by atoms with E-state index >= 15 is 0 Å². The molecule has 1 amide bonds. The fourth-order valence-corrected chi connectivity index (χ4v) is 3.29. The van der Waals surface area contributed by atoms with Gasteiger partial charge in [0.2, 0.25) is 15.9 Å². The summed E-state index contributed by atoms with van der Waals surface area (Å²) in [6, 6.07) is 6.74. The number of rotatable bonds is 11. The summed E-state index contributed by atoms with van der Waals surface area (Å²) in [5.41, 5.74) is 6.47. The van der Waals surface area contributed by atoms with Crippen LogP contribution in [0.3, 0.4) is 0 Å². The number of halogens is 1. The summed E-state index contributed by atoms with van der Waals surface area (Å²) in [4.78, 5) is 11.9. The molecule has 8 heteroatoms. The molecule has 0 aliphatic rings. The number of amides is 1. The molecular formula is C16H28ClN3O3S. The van der Waals surface area contributed by atoms with E-state index in [4.69, 9.17) is 5.73 Å². The first kappa shape index (κ1) is 22.7. The molecule has 0 saturated heterocycles. The number of hydrogen-bond donors (Lipinski definition) is 3. The van der Waals surface area contributed by atoms with Crippen LogP contribution in [-0.2, 0) is 14.8 Å². The highest BCUT2D eigenvalue weighted by Crippen LogP contribution is 2.17. The molecule has 0 bridgehead atoms. The van der Waals surface area contributed by atoms with E-state index in [0.29, 0.717) is 30.8 Å². The van der Waals surface area contributed by atoms with Gasteiger partial charge in [-0.15, -0.1) is 12.4 Å². The zero-order chi connectivity index (χ0) is 17.1. The summed E-state index contributed by atoms with van der Waals surface area (Å²) >= 11 is 0. The van der Waals surface area contributed by atoms with Crippen LogP contribution in [0, 0.1) is 0 Å². The van der Waals surface area contributed by atoms with Crippen molar-refractivity contribution < 1.29 is 13.2 Å². The van der Waals surface area contributed by atoms with E-state index < -0.39 is 10.0 Å². The standard InChI is InChI=1S/C16H27N3O3S.ClH/c1-2-12-23(21,22)19-15-9-7-8-14(13-15)18-16(20)10-5-3-4-6-11-17;/h7-9,13,19H,2-6,10-12,17H2,1H3,(H,18,20);1H. The van der Waals surface area contributed by atoms with Gasteiger partial charge in [0.15, 0.2) is 0 Å². The SMILES string of the molecule is CCCS(=O)(=O)Nc1cccc(NC(=O)CCCCCCN)c1.Cl. The van der Waals surface area contributed by atoms with Crippen LogP contribution >= 0.6 is 12.4 Å². The van der Waals surface area contributed by atoms with Crippen LogP contribution in [0.15, 0.2) is 24.3 Å². The first-order valence-electron chi connectivity index (χ1n) is 8.07. The summed E-state index contributed by atoms with van der Waals surface area (Å²) in [5.74, 6) is 0.0122. The highest BCUT2D eigenvalue weighted by atomic mass is 35.5. The molecule has 1 aromatic carbocycles. The predicted molar refractivity (Wildman–Crippen MR) is 102 cm³/mol. The maximum atomic E-state index is 11.9. The number of carbonyl (C=O) groups excluding carboxylic acids is 1. The number of hydrogen-bond acceptors (Lipinski definition) is 4. The molecule has 6 nitrogen and oxygen atoms in total. The highest BCUT2D eigenvalue weighted by Gasteiger charge is 2.09. The van der Waals surface area contributed by atoms with Gasteiger partial charge in [-0.25, -0.2) is 8.42 Å². The van der Waals surface area contributed by atoms with Crippen LogP contribution in [0.2, 0.25) is 0 Å². The van der Waals surface area contributed by atoms with Crippen LogP contribution in [-0.4, -0.2) is 26.6 Å². The van der Waals surface area contributed by atoms with Crippen LogP contribution in [0.1, 0.15) is 45.4 Å². The van der Waals surface area contributed by atoms with E-state index in [1.165, 1.54) is 0 Å². The molecule has 138 valence electrons. The van der Waals surface area contributed by atoms with E-state index in [0.717, 1.165) is 25.7 Å². The Morgan fingerprint density at radius 2 is 1.79 bits per heavy atom. The van der Waals surface area contributed by atoms with Crippen LogP contribution in [0.4, 0.5) is 11.4 Å². The Bertz CT molecular complexity index is 594. The molecule has 1 rings (SSSR count). The van der Waals surface area contributed by atoms with Crippen molar-refractivity contribution in [2.24, 2.45) is 5.73 Å². The number of benzene rings is 1. The summed E-state index contributed by atoms with van der Waals surface area (Å²) in [5, 5.41) is 2.79.